The Balaban J connectivity index is 2.11. The summed E-state index contributed by atoms with van der Waals surface area (Å²) in [5.41, 5.74) is 2.91. The number of nitrogens with two attached hydrogens (primary N) is 1. The van der Waals surface area contributed by atoms with E-state index in [1.54, 1.807) is 13.2 Å². The molecule has 2 aromatic rings. The quantitative estimate of drug-likeness (QED) is 0.495. The van der Waals surface area contributed by atoms with E-state index in [0.29, 0.717) is 25.6 Å². The van der Waals surface area contributed by atoms with E-state index in [0.717, 1.165) is 22.4 Å². The molecule has 0 saturated carbocycles. The molecule has 0 unspecified atom stereocenters. The Morgan fingerprint density at radius 1 is 1.19 bits per heavy atom. The second kappa shape index (κ2) is 9.38. The first kappa shape index (κ1) is 20.7. The van der Waals surface area contributed by atoms with Crippen LogP contribution in [-0.2, 0) is 23.1 Å². The van der Waals surface area contributed by atoms with Gasteiger partial charge in [-0.2, -0.15) is 0 Å². The van der Waals surface area contributed by atoms with Crippen LogP contribution >= 0.6 is 0 Å². The summed E-state index contributed by atoms with van der Waals surface area (Å²) in [5, 5.41) is 11.6. The molecule has 146 valence electrons. The lowest BCUT2D eigenvalue weighted by atomic mass is 10.1. The first-order valence-electron chi connectivity index (χ1n) is 8.61. The molecular formula is C19H26N4O3S. The Hall–Kier alpha value is -2.58. The van der Waals surface area contributed by atoms with Crippen LogP contribution in [-0.4, -0.2) is 28.0 Å². The molecule has 0 amide bonds. The summed E-state index contributed by atoms with van der Waals surface area (Å²) in [4.78, 5) is 4.59. The Kier molecular flexibility index (Phi) is 7.20. The first-order chi connectivity index (χ1) is 12.8. The third-order valence-electron chi connectivity index (χ3n) is 3.88. The molecule has 0 saturated heterocycles. The van der Waals surface area contributed by atoms with Gasteiger partial charge in [-0.05, 0) is 43.2 Å². The van der Waals surface area contributed by atoms with Gasteiger partial charge in [0.05, 0.1) is 18.6 Å². The SMILES string of the molecule is CCNC(=NCc1cccc(S(N)(=O)=O)c1)NCc1ccc(C)cc1OC. The van der Waals surface area contributed by atoms with Crippen LogP contribution in [0.1, 0.15) is 23.6 Å². The lowest BCUT2D eigenvalue weighted by molar-refractivity contribution is 0.408. The fourth-order valence-electron chi connectivity index (χ4n) is 2.51. The topological polar surface area (TPSA) is 106 Å². The summed E-state index contributed by atoms with van der Waals surface area (Å²) >= 11 is 0. The molecular weight excluding hydrogens is 364 g/mol. The number of methoxy groups -OCH3 is 1. The van der Waals surface area contributed by atoms with Gasteiger partial charge in [0.25, 0.3) is 0 Å². The highest BCUT2D eigenvalue weighted by Crippen LogP contribution is 2.19. The molecule has 0 spiro atoms. The van der Waals surface area contributed by atoms with E-state index in [9.17, 15) is 8.42 Å². The molecule has 0 fully saturated rings. The standard InChI is InChI=1S/C19H26N4O3S/c1-4-21-19(23-13-16-9-8-14(2)10-18(16)26-3)22-12-15-6-5-7-17(11-15)27(20,24)25/h5-11H,4,12-13H2,1-3H3,(H2,20,24,25)(H2,21,22,23). The molecule has 4 N–H and O–H groups in total. The van der Waals surface area contributed by atoms with Gasteiger partial charge in [0.2, 0.25) is 10.0 Å². The van der Waals surface area contributed by atoms with Crippen LogP contribution < -0.4 is 20.5 Å². The average molecular weight is 391 g/mol. The fraction of sp³-hybridized carbons (Fsp3) is 0.316. The van der Waals surface area contributed by atoms with E-state index < -0.39 is 10.0 Å². The molecule has 0 heterocycles. The van der Waals surface area contributed by atoms with Crippen molar-refractivity contribution in [3.05, 3.63) is 59.2 Å². The molecule has 0 atom stereocenters. The van der Waals surface area contributed by atoms with Crippen LogP contribution in [0.2, 0.25) is 0 Å². The summed E-state index contributed by atoms with van der Waals surface area (Å²) in [7, 11) is -2.08. The summed E-state index contributed by atoms with van der Waals surface area (Å²) in [6.07, 6.45) is 0. The van der Waals surface area contributed by atoms with Gasteiger partial charge in [-0.15, -0.1) is 0 Å². The van der Waals surface area contributed by atoms with E-state index in [4.69, 9.17) is 9.88 Å². The minimum absolute atomic E-state index is 0.0811. The maximum absolute atomic E-state index is 11.5. The highest BCUT2D eigenvalue weighted by Gasteiger charge is 2.08. The first-order valence-corrected chi connectivity index (χ1v) is 10.2. The van der Waals surface area contributed by atoms with Crippen molar-refractivity contribution in [2.75, 3.05) is 13.7 Å². The largest absolute Gasteiger partial charge is 0.496 e. The van der Waals surface area contributed by atoms with Crippen LogP contribution in [0.3, 0.4) is 0 Å². The molecule has 0 bridgehead atoms. The van der Waals surface area contributed by atoms with Gasteiger partial charge in [0, 0.05) is 18.7 Å². The van der Waals surface area contributed by atoms with Crippen molar-refractivity contribution in [1.82, 2.24) is 10.6 Å². The van der Waals surface area contributed by atoms with E-state index >= 15 is 0 Å². The Morgan fingerprint density at radius 3 is 2.63 bits per heavy atom. The number of hydrogen-bond donors (Lipinski definition) is 3. The van der Waals surface area contributed by atoms with Crippen molar-refractivity contribution in [1.29, 1.82) is 0 Å². The predicted octanol–water partition coefficient (Wildman–Crippen LogP) is 1.91. The molecule has 0 aromatic heterocycles. The second-order valence-corrected chi connectivity index (χ2v) is 7.62. The Morgan fingerprint density at radius 2 is 1.96 bits per heavy atom. The molecule has 2 rings (SSSR count). The number of aliphatic imine (C=N–C) groups is 1. The summed E-state index contributed by atoms with van der Waals surface area (Å²) < 4.78 is 28.4. The fourth-order valence-corrected chi connectivity index (χ4v) is 3.09. The third kappa shape index (κ3) is 6.26. The van der Waals surface area contributed by atoms with Crippen LogP contribution in [0.25, 0.3) is 0 Å². The van der Waals surface area contributed by atoms with Crippen LogP contribution in [0, 0.1) is 6.92 Å². The average Bonchev–Trinajstić information content (AvgIpc) is 2.64. The van der Waals surface area contributed by atoms with Gasteiger partial charge >= 0.3 is 0 Å². The number of benzene rings is 2. The number of ether oxygens (including phenoxy) is 1. The number of nitrogens with zero attached hydrogens (tertiary/aromatic N) is 1. The molecule has 8 heteroatoms. The van der Waals surface area contributed by atoms with Crippen molar-refractivity contribution in [2.45, 2.75) is 31.8 Å². The van der Waals surface area contributed by atoms with Crippen molar-refractivity contribution in [3.8, 4) is 5.75 Å². The number of aryl methyl sites for hydroxylation is 1. The third-order valence-corrected chi connectivity index (χ3v) is 4.79. The number of primary sulfonamides is 1. The van der Waals surface area contributed by atoms with Gasteiger partial charge in [0.15, 0.2) is 5.96 Å². The maximum atomic E-state index is 11.5. The predicted molar refractivity (Wildman–Crippen MR) is 107 cm³/mol. The molecule has 0 radical (unpaired) electrons. The number of hydrogen-bond acceptors (Lipinski definition) is 4. The number of sulfonamides is 1. The zero-order chi connectivity index (χ0) is 19.9. The van der Waals surface area contributed by atoms with Crippen molar-refractivity contribution in [2.24, 2.45) is 10.1 Å². The Bertz CT molecular complexity index is 911. The lowest BCUT2D eigenvalue weighted by Crippen LogP contribution is -2.36. The monoisotopic (exact) mass is 390 g/mol. The minimum Gasteiger partial charge on any atom is -0.496 e. The maximum Gasteiger partial charge on any atom is 0.238 e. The lowest BCUT2D eigenvalue weighted by Gasteiger charge is -2.14. The summed E-state index contributed by atoms with van der Waals surface area (Å²) in [6, 6.07) is 12.5. The zero-order valence-electron chi connectivity index (χ0n) is 15.8. The molecule has 0 aliphatic heterocycles. The molecule has 0 aliphatic carbocycles. The van der Waals surface area contributed by atoms with Gasteiger partial charge < -0.3 is 15.4 Å². The van der Waals surface area contributed by atoms with E-state index in [1.165, 1.54) is 12.1 Å². The highest BCUT2D eigenvalue weighted by atomic mass is 32.2. The van der Waals surface area contributed by atoms with Crippen LogP contribution in [0.5, 0.6) is 5.75 Å². The minimum atomic E-state index is -3.73. The molecule has 27 heavy (non-hydrogen) atoms. The van der Waals surface area contributed by atoms with E-state index in [1.807, 2.05) is 38.1 Å². The summed E-state index contributed by atoms with van der Waals surface area (Å²) in [6.45, 7) is 5.57. The number of rotatable bonds is 7. The van der Waals surface area contributed by atoms with Crippen molar-refractivity contribution >= 4 is 16.0 Å². The van der Waals surface area contributed by atoms with E-state index in [-0.39, 0.29) is 4.90 Å². The highest BCUT2D eigenvalue weighted by molar-refractivity contribution is 7.89. The second-order valence-electron chi connectivity index (χ2n) is 6.06. The Labute approximate surface area is 160 Å². The molecule has 7 nitrogen and oxygen atoms in total. The normalized spacial score (nSPS) is 11.9. The van der Waals surface area contributed by atoms with Gasteiger partial charge in [-0.3, -0.25) is 0 Å². The van der Waals surface area contributed by atoms with Crippen molar-refractivity contribution < 1.29 is 13.2 Å². The zero-order valence-corrected chi connectivity index (χ0v) is 16.6. The van der Waals surface area contributed by atoms with Gasteiger partial charge in [-0.1, -0.05) is 24.3 Å². The van der Waals surface area contributed by atoms with E-state index in [2.05, 4.69) is 15.6 Å². The van der Waals surface area contributed by atoms with Crippen LogP contribution in [0.4, 0.5) is 0 Å². The number of nitrogens with one attached hydrogen (secondary N) is 2. The van der Waals surface area contributed by atoms with Crippen LogP contribution in [0.15, 0.2) is 52.4 Å². The smallest absolute Gasteiger partial charge is 0.238 e. The van der Waals surface area contributed by atoms with Gasteiger partial charge in [0.1, 0.15) is 5.75 Å². The number of guanidine groups is 1. The molecule has 2 aromatic carbocycles. The molecule has 0 aliphatic rings. The van der Waals surface area contributed by atoms with Gasteiger partial charge in [-0.25, -0.2) is 18.5 Å². The summed E-state index contributed by atoms with van der Waals surface area (Å²) in [5.74, 6) is 1.44. The van der Waals surface area contributed by atoms with Crippen molar-refractivity contribution in [3.63, 3.8) is 0 Å².